The molecular weight excluding hydrogens is 213 g/mol. The minimum absolute atomic E-state index is 0.0295. The standard InChI is InChI=1S/C11H14FNOS/c1-2-13(11(14)6-7-15)10-5-3-4-9(12)8-10/h3-5,8,15H,2,6-7H2,1H3. The van der Waals surface area contributed by atoms with E-state index in [-0.39, 0.29) is 11.7 Å². The lowest BCUT2D eigenvalue weighted by molar-refractivity contribution is -0.118. The van der Waals surface area contributed by atoms with Crippen LogP contribution < -0.4 is 4.90 Å². The van der Waals surface area contributed by atoms with E-state index in [0.29, 0.717) is 24.4 Å². The second-order valence-electron chi connectivity index (χ2n) is 3.09. The van der Waals surface area contributed by atoms with E-state index in [1.807, 2.05) is 6.92 Å². The summed E-state index contributed by atoms with van der Waals surface area (Å²) in [4.78, 5) is 13.2. The summed E-state index contributed by atoms with van der Waals surface area (Å²) in [6, 6.07) is 6.05. The molecule has 0 aliphatic heterocycles. The predicted molar refractivity (Wildman–Crippen MR) is 62.9 cm³/mol. The number of hydrogen-bond acceptors (Lipinski definition) is 2. The van der Waals surface area contributed by atoms with Crippen LogP contribution in [0.15, 0.2) is 24.3 Å². The molecule has 4 heteroatoms. The van der Waals surface area contributed by atoms with E-state index in [1.54, 1.807) is 17.0 Å². The van der Waals surface area contributed by atoms with Crippen LogP contribution >= 0.6 is 12.6 Å². The number of thiol groups is 1. The first-order valence-electron chi connectivity index (χ1n) is 4.85. The summed E-state index contributed by atoms with van der Waals surface area (Å²) in [7, 11) is 0. The van der Waals surface area contributed by atoms with Gasteiger partial charge in [0.15, 0.2) is 0 Å². The van der Waals surface area contributed by atoms with Crippen LogP contribution in [0.5, 0.6) is 0 Å². The smallest absolute Gasteiger partial charge is 0.227 e. The number of nitrogens with zero attached hydrogens (tertiary/aromatic N) is 1. The quantitative estimate of drug-likeness (QED) is 0.784. The first-order valence-corrected chi connectivity index (χ1v) is 5.49. The number of halogens is 1. The Morgan fingerprint density at radius 3 is 2.80 bits per heavy atom. The molecule has 2 nitrogen and oxygen atoms in total. The average Bonchev–Trinajstić information content (AvgIpc) is 2.19. The van der Waals surface area contributed by atoms with Crippen LogP contribution in [0.1, 0.15) is 13.3 Å². The third kappa shape index (κ3) is 3.23. The molecule has 0 bridgehead atoms. The Bertz CT molecular complexity index is 343. The minimum atomic E-state index is -0.329. The maximum absolute atomic E-state index is 13.0. The molecule has 0 fully saturated rings. The highest BCUT2D eigenvalue weighted by Gasteiger charge is 2.12. The highest BCUT2D eigenvalue weighted by molar-refractivity contribution is 7.80. The highest BCUT2D eigenvalue weighted by atomic mass is 32.1. The lowest BCUT2D eigenvalue weighted by atomic mass is 10.2. The molecule has 0 saturated carbocycles. The van der Waals surface area contributed by atoms with Crippen molar-refractivity contribution in [2.24, 2.45) is 0 Å². The molecule has 0 aromatic heterocycles. The Hall–Kier alpha value is -1.03. The maximum Gasteiger partial charge on any atom is 0.227 e. The van der Waals surface area contributed by atoms with E-state index in [2.05, 4.69) is 12.6 Å². The van der Waals surface area contributed by atoms with Gasteiger partial charge in [0.2, 0.25) is 5.91 Å². The van der Waals surface area contributed by atoms with E-state index in [4.69, 9.17) is 0 Å². The number of amides is 1. The minimum Gasteiger partial charge on any atom is -0.313 e. The molecule has 0 radical (unpaired) electrons. The van der Waals surface area contributed by atoms with Crippen LogP contribution in [0.3, 0.4) is 0 Å². The molecule has 1 aromatic carbocycles. The van der Waals surface area contributed by atoms with Gasteiger partial charge in [0.25, 0.3) is 0 Å². The Kier molecular flexibility index (Phi) is 4.62. The van der Waals surface area contributed by atoms with Crippen molar-refractivity contribution in [3.63, 3.8) is 0 Å². The van der Waals surface area contributed by atoms with Crippen LogP contribution in [-0.4, -0.2) is 18.2 Å². The van der Waals surface area contributed by atoms with Gasteiger partial charge in [0.05, 0.1) is 0 Å². The second-order valence-corrected chi connectivity index (χ2v) is 3.54. The molecular formula is C11H14FNOS. The molecule has 0 atom stereocenters. The molecule has 0 spiro atoms. The summed E-state index contributed by atoms with van der Waals surface area (Å²) in [5.74, 6) is 0.146. The molecule has 1 aromatic rings. The van der Waals surface area contributed by atoms with Crippen LogP contribution in [0.2, 0.25) is 0 Å². The summed E-state index contributed by atoms with van der Waals surface area (Å²) in [5.41, 5.74) is 0.601. The predicted octanol–water partition coefficient (Wildman–Crippen LogP) is 2.50. The monoisotopic (exact) mass is 227 g/mol. The topological polar surface area (TPSA) is 20.3 Å². The first-order chi connectivity index (χ1) is 7.19. The normalized spacial score (nSPS) is 10.1. The number of carbonyl (C=O) groups excluding carboxylic acids is 1. The van der Waals surface area contributed by atoms with Gasteiger partial charge in [-0.05, 0) is 30.9 Å². The largest absolute Gasteiger partial charge is 0.313 e. The SMILES string of the molecule is CCN(C(=O)CCS)c1cccc(F)c1. The number of rotatable bonds is 4. The zero-order chi connectivity index (χ0) is 11.3. The molecule has 0 heterocycles. The molecule has 0 saturated heterocycles. The highest BCUT2D eigenvalue weighted by Crippen LogP contribution is 2.16. The Balaban J connectivity index is 2.87. The van der Waals surface area contributed by atoms with Crippen molar-refractivity contribution in [3.8, 4) is 0 Å². The molecule has 15 heavy (non-hydrogen) atoms. The maximum atomic E-state index is 13.0. The number of anilines is 1. The van der Waals surface area contributed by atoms with Gasteiger partial charge < -0.3 is 4.90 Å². The number of hydrogen-bond donors (Lipinski definition) is 1. The summed E-state index contributed by atoms with van der Waals surface area (Å²) >= 11 is 4.00. The van der Waals surface area contributed by atoms with Gasteiger partial charge in [-0.15, -0.1) is 0 Å². The van der Waals surface area contributed by atoms with E-state index in [9.17, 15) is 9.18 Å². The van der Waals surface area contributed by atoms with E-state index in [1.165, 1.54) is 12.1 Å². The van der Waals surface area contributed by atoms with Crippen molar-refractivity contribution in [1.82, 2.24) is 0 Å². The molecule has 1 amide bonds. The fourth-order valence-electron chi connectivity index (χ4n) is 1.38. The summed E-state index contributed by atoms with van der Waals surface area (Å²) in [6.07, 6.45) is 0.369. The lowest BCUT2D eigenvalue weighted by Crippen LogP contribution is -2.30. The van der Waals surface area contributed by atoms with Crippen molar-refractivity contribution < 1.29 is 9.18 Å². The summed E-state index contributed by atoms with van der Waals surface area (Å²) in [5, 5.41) is 0. The Morgan fingerprint density at radius 2 is 2.27 bits per heavy atom. The van der Waals surface area contributed by atoms with Crippen LogP contribution in [0.25, 0.3) is 0 Å². The van der Waals surface area contributed by atoms with Crippen molar-refractivity contribution in [3.05, 3.63) is 30.1 Å². The zero-order valence-electron chi connectivity index (χ0n) is 8.61. The fraction of sp³-hybridized carbons (Fsp3) is 0.364. The Morgan fingerprint density at radius 1 is 1.53 bits per heavy atom. The van der Waals surface area contributed by atoms with E-state index >= 15 is 0 Å². The van der Waals surface area contributed by atoms with Crippen molar-refractivity contribution in [2.45, 2.75) is 13.3 Å². The number of benzene rings is 1. The van der Waals surface area contributed by atoms with Crippen molar-refractivity contribution in [2.75, 3.05) is 17.2 Å². The Labute approximate surface area is 94.5 Å². The molecule has 0 N–H and O–H groups in total. The lowest BCUT2D eigenvalue weighted by Gasteiger charge is -2.20. The molecule has 0 aliphatic rings. The van der Waals surface area contributed by atoms with Gasteiger partial charge in [-0.25, -0.2) is 4.39 Å². The van der Waals surface area contributed by atoms with Gasteiger partial charge in [-0.1, -0.05) is 6.07 Å². The average molecular weight is 227 g/mol. The fourth-order valence-corrected chi connectivity index (χ4v) is 1.57. The van der Waals surface area contributed by atoms with Crippen LogP contribution in [-0.2, 0) is 4.79 Å². The van der Waals surface area contributed by atoms with E-state index in [0.717, 1.165) is 0 Å². The van der Waals surface area contributed by atoms with Crippen molar-refractivity contribution in [1.29, 1.82) is 0 Å². The molecule has 0 unspecified atom stereocenters. The molecule has 82 valence electrons. The van der Waals surface area contributed by atoms with Crippen LogP contribution in [0, 0.1) is 5.82 Å². The van der Waals surface area contributed by atoms with Gasteiger partial charge in [-0.3, -0.25) is 4.79 Å². The zero-order valence-corrected chi connectivity index (χ0v) is 9.51. The van der Waals surface area contributed by atoms with Gasteiger partial charge in [0, 0.05) is 18.7 Å². The summed E-state index contributed by atoms with van der Waals surface area (Å²) in [6.45, 7) is 2.40. The first kappa shape index (κ1) is 12.0. The number of carbonyl (C=O) groups is 1. The van der Waals surface area contributed by atoms with Gasteiger partial charge >= 0.3 is 0 Å². The molecule has 0 aliphatic carbocycles. The molecule has 1 rings (SSSR count). The third-order valence-electron chi connectivity index (χ3n) is 2.06. The third-order valence-corrected chi connectivity index (χ3v) is 2.29. The van der Waals surface area contributed by atoms with E-state index < -0.39 is 0 Å². The van der Waals surface area contributed by atoms with Gasteiger partial charge in [0.1, 0.15) is 5.82 Å². The second kappa shape index (κ2) is 5.75. The van der Waals surface area contributed by atoms with Gasteiger partial charge in [-0.2, -0.15) is 12.6 Å². The van der Waals surface area contributed by atoms with Crippen LogP contribution in [0.4, 0.5) is 10.1 Å². The van der Waals surface area contributed by atoms with Crippen molar-refractivity contribution >= 4 is 24.2 Å². The summed E-state index contributed by atoms with van der Waals surface area (Å²) < 4.78 is 13.0.